The molecule has 10 heteroatoms. The second-order valence-electron chi connectivity index (χ2n) is 9.44. The molecule has 196 valence electrons. The van der Waals surface area contributed by atoms with Gasteiger partial charge in [0.05, 0.1) is 23.6 Å². The number of benzene rings is 2. The molecule has 2 heterocycles. The number of nitrogens with one attached hydrogen (secondary N) is 1. The molecule has 0 aromatic heterocycles. The summed E-state index contributed by atoms with van der Waals surface area (Å²) in [5, 5.41) is 24.6. The number of aliphatic carboxylic acids is 1. The number of hydrogen-bond donors (Lipinski definition) is 2. The number of nitrogens with zero attached hydrogens (tertiary/aromatic N) is 2. The zero-order valence-electron chi connectivity index (χ0n) is 20.7. The van der Waals surface area contributed by atoms with Crippen LogP contribution in [0.4, 0.5) is 5.69 Å². The van der Waals surface area contributed by atoms with Gasteiger partial charge in [-0.15, -0.1) is 0 Å². The Bertz CT molecular complexity index is 1170. The van der Waals surface area contributed by atoms with E-state index in [1.54, 1.807) is 13.0 Å². The maximum absolute atomic E-state index is 13.9. The third-order valence-corrected chi connectivity index (χ3v) is 7.13. The van der Waals surface area contributed by atoms with Gasteiger partial charge in [-0.05, 0) is 62.1 Å². The van der Waals surface area contributed by atoms with Crippen LogP contribution in [0.3, 0.4) is 0 Å². The van der Waals surface area contributed by atoms with Gasteiger partial charge in [0.1, 0.15) is 12.1 Å². The van der Waals surface area contributed by atoms with Crippen LogP contribution in [-0.2, 0) is 32.0 Å². The predicted molar refractivity (Wildman–Crippen MR) is 134 cm³/mol. The van der Waals surface area contributed by atoms with Crippen LogP contribution in [0.2, 0.25) is 0 Å². The minimum Gasteiger partial charge on any atom is -0.480 e. The molecule has 10 nitrogen and oxygen atoms in total. The van der Waals surface area contributed by atoms with E-state index in [4.69, 9.17) is 4.74 Å². The number of nitro benzene ring substituents is 1. The van der Waals surface area contributed by atoms with E-state index in [2.05, 4.69) is 5.32 Å². The third-order valence-electron chi connectivity index (χ3n) is 7.13. The van der Waals surface area contributed by atoms with E-state index in [1.807, 2.05) is 30.3 Å². The van der Waals surface area contributed by atoms with E-state index < -0.39 is 46.9 Å². The van der Waals surface area contributed by atoms with Crippen LogP contribution in [-0.4, -0.2) is 57.5 Å². The van der Waals surface area contributed by atoms with Crippen LogP contribution in [0.1, 0.15) is 55.3 Å². The first-order valence-corrected chi connectivity index (χ1v) is 12.6. The first kappa shape index (κ1) is 26.3. The molecule has 1 amide bonds. The maximum atomic E-state index is 13.9. The smallest absolute Gasteiger partial charge is 0.326 e. The molecule has 0 radical (unpaired) electrons. The lowest BCUT2D eigenvalue weighted by molar-refractivity contribution is -0.385. The number of carbonyl (C=O) groups excluding carboxylic acids is 2. The molecule has 2 N–H and O–H groups in total. The summed E-state index contributed by atoms with van der Waals surface area (Å²) in [6.07, 6.45) is 2.51. The number of hydrogen-bond acceptors (Lipinski definition) is 7. The van der Waals surface area contributed by atoms with Crippen molar-refractivity contribution in [3.63, 3.8) is 0 Å². The van der Waals surface area contributed by atoms with Gasteiger partial charge < -0.3 is 14.7 Å². The number of carboxylic acids is 1. The molecule has 2 aromatic rings. The molecule has 0 aliphatic carbocycles. The van der Waals surface area contributed by atoms with Gasteiger partial charge in [-0.25, -0.2) is 4.79 Å². The molecular formula is C27H31N3O7. The number of nitro groups is 1. The number of non-ortho nitro benzene ring substituents is 1. The Morgan fingerprint density at radius 3 is 2.65 bits per heavy atom. The van der Waals surface area contributed by atoms with E-state index in [1.165, 1.54) is 17.0 Å². The lowest BCUT2D eigenvalue weighted by atomic mass is 9.89. The molecule has 2 aliphatic rings. The summed E-state index contributed by atoms with van der Waals surface area (Å²) in [7, 11) is 0. The molecule has 2 aromatic carbocycles. The summed E-state index contributed by atoms with van der Waals surface area (Å²) in [6, 6.07) is 10.8. The highest BCUT2D eigenvalue weighted by Gasteiger charge is 2.45. The molecule has 37 heavy (non-hydrogen) atoms. The summed E-state index contributed by atoms with van der Waals surface area (Å²) < 4.78 is 5.28. The summed E-state index contributed by atoms with van der Waals surface area (Å²) in [5.74, 6) is -2.02. The maximum Gasteiger partial charge on any atom is 0.326 e. The Balaban J connectivity index is 1.68. The number of rotatable bonds is 9. The van der Waals surface area contributed by atoms with E-state index in [0.717, 1.165) is 11.1 Å². The van der Waals surface area contributed by atoms with Crippen LogP contribution in [0.15, 0.2) is 48.5 Å². The lowest BCUT2D eigenvalue weighted by Gasteiger charge is -2.41. The molecule has 2 aliphatic heterocycles. The van der Waals surface area contributed by atoms with Crippen LogP contribution in [0.25, 0.3) is 0 Å². The topological polar surface area (TPSA) is 139 Å². The molecule has 4 rings (SSSR count). The van der Waals surface area contributed by atoms with Crippen molar-refractivity contribution in [2.24, 2.45) is 0 Å². The molecule has 0 spiro atoms. The second-order valence-corrected chi connectivity index (χ2v) is 9.44. The van der Waals surface area contributed by atoms with Crippen molar-refractivity contribution >= 4 is 23.5 Å². The third kappa shape index (κ3) is 5.80. The van der Waals surface area contributed by atoms with Gasteiger partial charge in [0.25, 0.3) is 5.69 Å². The van der Waals surface area contributed by atoms with Gasteiger partial charge in [-0.3, -0.25) is 25.0 Å². The Morgan fingerprint density at radius 2 is 1.97 bits per heavy atom. The van der Waals surface area contributed by atoms with Gasteiger partial charge in [0.15, 0.2) is 0 Å². The van der Waals surface area contributed by atoms with Crippen molar-refractivity contribution in [2.75, 3.05) is 6.61 Å². The Hall–Kier alpha value is -3.79. The van der Waals surface area contributed by atoms with Crippen molar-refractivity contribution in [1.29, 1.82) is 0 Å². The SMILES string of the molecule is CCOC(=O)[C@H](CCc1ccccc1)N[C@H]1Cc2ccc([N+](=O)[O-])cc2[C@H]2CCC[C@@H](C(=O)O)N2C1=O. The number of piperidine rings is 1. The largest absolute Gasteiger partial charge is 0.480 e. The highest BCUT2D eigenvalue weighted by molar-refractivity contribution is 5.89. The molecule has 0 bridgehead atoms. The molecule has 0 saturated carbocycles. The minimum absolute atomic E-state index is 0.109. The average molecular weight is 510 g/mol. The monoisotopic (exact) mass is 509 g/mol. The Labute approximate surface area is 214 Å². The van der Waals surface area contributed by atoms with Gasteiger partial charge in [-0.2, -0.15) is 0 Å². The number of carbonyl (C=O) groups is 3. The number of amides is 1. The van der Waals surface area contributed by atoms with E-state index in [-0.39, 0.29) is 18.7 Å². The van der Waals surface area contributed by atoms with Crippen LogP contribution < -0.4 is 5.32 Å². The van der Waals surface area contributed by atoms with Crippen molar-refractivity contribution < 1.29 is 29.2 Å². The number of ether oxygens (including phenoxy) is 1. The minimum atomic E-state index is -1.11. The van der Waals surface area contributed by atoms with Crippen molar-refractivity contribution in [1.82, 2.24) is 10.2 Å². The molecule has 1 fully saturated rings. The van der Waals surface area contributed by atoms with E-state index >= 15 is 0 Å². The summed E-state index contributed by atoms with van der Waals surface area (Å²) in [5.41, 5.74) is 2.24. The number of aryl methyl sites for hydroxylation is 1. The normalized spacial score (nSPS) is 21.8. The van der Waals surface area contributed by atoms with Crippen molar-refractivity contribution in [2.45, 2.75) is 69.6 Å². The fourth-order valence-corrected chi connectivity index (χ4v) is 5.37. The molecule has 0 unspecified atom stereocenters. The molecular weight excluding hydrogens is 478 g/mol. The van der Waals surface area contributed by atoms with Crippen LogP contribution >= 0.6 is 0 Å². The zero-order valence-corrected chi connectivity index (χ0v) is 20.7. The average Bonchev–Trinajstić information content (AvgIpc) is 3.01. The molecule has 4 atom stereocenters. The van der Waals surface area contributed by atoms with E-state index in [9.17, 15) is 29.6 Å². The quantitative estimate of drug-likeness (QED) is 0.299. The van der Waals surface area contributed by atoms with Crippen molar-refractivity contribution in [3.8, 4) is 0 Å². The van der Waals surface area contributed by atoms with E-state index in [0.29, 0.717) is 37.7 Å². The van der Waals surface area contributed by atoms with Gasteiger partial charge in [0.2, 0.25) is 5.91 Å². The highest BCUT2D eigenvalue weighted by atomic mass is 16.6. The summed E-state index contributed by atoms with van der Waals surface area (Å²) in [6.45, 7) is 1.89. The van der Waals surface area contributed by atoms with Crippen molar-refractivity contribution in [3.05, 3.63) is 75.3 Å². The molecule has 1 saturated heterocycles. The fraction of sp³-hybridized carbons (Fsp3) is 0.444. The number of fused-ring (bicyclic) bond motifs is 3. The first-order valence-electron chi connectivity index (χ1n) is 12.6. The van der Waals surface area contributed by atoms with Crippen LogP contribution in [0, 0.1) is 10.1 Å². The van der Waals surface area contributed by atoms with Gasteiger partial charge in [0, 0.05) is 12.1 Å². The second kappa shape index (κ2) is 11.5. The first-order chi connectivity index (χ1) is 17.8. The zero-order chi connectivity index (χ0) is 26.5. The Kier molecular flexibility index (Phi) is 8.17. The van der Waals surface area contributed by atoms with Gasteiger partial charge >= 0.3 is 11.9 Å². The standard InChI is InChI=1S/C27H31N3O7/c1-2-37-27(34)21(14-11-17-7-4-3-5-8-17)28-22-15-18-12-13-19(30(35)36)16-20(18)23-9-6-10-24(26(32)33)29(23)25(22)31/h3-5,7-8,12-13,16,21-24,28H,2,6,9-11,14-15H2,1H3,(H,32,33)/t21-,22-,23+,24-/m0/s1. The highest BCUT2D eigenvalue weighted by Crippen LogP contribution is 2.40. The fourth-order valence-electron chi connectivity index (χ4n) is 5.37. The van der Waals surface area contributed by atoms with Gasteiger partial charge in [-0.1, -0.05) is 36.4 Å². The van der Waals surface area contributed by atoms with Crippen LogP contribution in [0.5, 0.6) is 0 Å². The lowest BCUT2D eigenvalue weighted by Crippen LogP contribution is -2.57. The predicted octanol–water partition coefficient (Wildman–Crippen LogP) is 3.18. The summed E-state index contributed by atoms with van der Waals surface area (Å²) in [4.78, 5) is 51.2. The number of esters is 1. The summed E-state index contributed by atoms with van der Waals surface area (Å²) >= 11 is 0. The number of carboxylic acid groups (broad SMARTS) is 1. The Morgan fingerprint density at radius 1 is 1.22 bits per heavy atom.